The Kier molecular flexibility index (Phi) is 45.2. The van der Waals surface area contributed by atoms with E-state index in [1.54, 1.807) is 0 Å². The minimum atomic E-state index is -4.63. The van der Waals surface area contributed by atoms with Gasteiger partial charge in [0.05, 0.1) is 27.7 Å². The van der Waals surface area contributed by atoms with Crippen LogP contribution in [0.3, 0.4) is 0 Å². The van der Waals surface area contributed by atoms with Crippen molar-refractivity contribution in [3.8, 4) is 0 Å². The Morgan fingerprint density at radius 3 is 1.31 bits per heavy atom. The molecule has 65 heavy (non-hydrogen) atoms. The van der Waals surface area contributed by atoms with Gasteiger partial charge in [0.2, 0.25) is 0 Å². The van der Waals surface area contributed by atoms with Gasteiger partial charge in [-0.15, -0.1) is 0 Å². The molecule has 0 bridgehead atoms. The number of carbonyl (C=O) groups excluding carboxylic acids is 2. The molecule has 378 valence electrons. The van der Waals surface area contributed by atoms with Crippen LogP contribution in [0.15, 0.2) is 60.8 Å². The normalized spacial score (nSPS) is 13.9. The average molecular weight is 934 g/mol. The Bertz CT molecular complexity index is 1290. The van der Waals surface area contributed by atoms with Gasteiger partial charge in [-0.1, -0.05) is 216 Å². The molecule has 2 atom stereocenters. The van der Waals surface area contributed by atoms with Crippen LogP contribution in [0.25, 0.3) is 0 Å². The molecule has 0 radical (unpaired) electrons. The molecule has 0 aromatic rings. The van der Waals surface area contributed by atoms with Crippen molar-refractivity contribution < 1.29 is 42.1 Å². The summed E-state index contributed by atoms with van der Waals surface area (Å²) in [5.74, 6) is -0.832. The minimum Gasteiger partial charge on any atom is -0.756 e. The summed E-state index contributed by atoms with van der Waals surface area (Å²) in [6.07, 6.45) is 58.2. The molecule has 0 rings (SSSR count). The maximum absolute atomic E-state index is 12.8. The van der Waals surface area contributed by atoms with Gasteiger partial charge in [-0.25, -0.2) is 0 Å². The highest BCUT2D eigenvalue weighted by Crippen LogP contribution is 2.38. The summed E-state index contributed by atoms with van der Waals surface area (Å²) in [7, 11) is 1.16. The fourth-order valence-corrected chi connectivity index (χ4v) is 7.94. The van der Waals surface area contributed by atoms with Crippen molar-refractivity contribution in [1.82, 2.24) is 0 Å². The average Bonchev–Trinajstić information content (AvgIpc) is 3.26. The first kappa shape index (κ1) is 62.7. The molecule has 2 unspecified atom stereocenters. The van der Waals surface area contributed by atoms with E-state index in [4.69, 9.17) is 18.5 Å². The van der Waals surface area contributed by atoms with Gasteiger partial charge in [0, 0.05) is 12.8 Å². The smallest absolute Gasteiger partial charge is 0.306 e. The zero-order chi connectivity index (χ0) is 47.8. The Labute approximate surface area is 400 Å². The number of phosphoric ester groups is 1. The molecule has 0 aromatic heterocycles. The maximum Gasteiger partial charge on any atom is 0.306 e. The molecule has 0 heterocycles. The van der Waals surface area contributed by atoms with Crippen molar-refractivity contribution >= 4 is 19.8 Å². The van der Waals surface area contributed by atoms with Gasteiger partial charge in [0.15, 0.2) is 6.10 Å². The molecule has 0 aliphatic heterocycles. The van der Waals surface area contributed by atoms with Gasteiger partial charge in [0.1, 0.15) is 19.8 Å². The number of phosphoric acid groups is 1. The van der Waals surface area contributed by atoms with Crippen LogP contribution in [0.1, 0.15) is 226 Å². The monoisotopic (exact) mass is 934 g/mol. The molecule has 10 heteroatoms. The summed E-state index contributed by atoms with van der Waals surface area (Å²) < 4.78 is 34.1. The number of allylic oxidation sites excluding steroid dienone is 10. The third kappa shape index (κ3) is 51.0. The van der Waals surface area contributed by atoms with Gasteiger partial charge in [-0.2, -0.15) is 0 Å². The van der Waals surface area contributed by atoms with Gasteiger partial charge < -0.3 is 27.9 Å². The minimum absolute atomic E-state index is 0.0319. The lowest BCUT2D eigenvalue weighted by Crippen LogP contribution is -2.37. The first-order valence-electron chi connectivity index (χ1n) is 26.5. The molecule has 0 aliphatic carbocycles. The largest absolute Gasteiger partial charge is 0.756 e. The number of carbonyl (C=O) groups is 2. The summed E-state index contributed by atoms with van der Waals surface area (Å²) in [6, 6.07) is 0. The second-order valence-corrected chi connectivity index (χ2v) is 20.3. The molecule has 0 amide bonds. The molecule has 0 saturated heterocycles. The van der Waals surface area contributed by atoms with Crippen LogP contribution in [0.5, 0.6) is 0 Å². The number of rotatable bonds is 48. The SMILES string of the molecule is CC/C=C\C/C=C\C/C=C\C/C=C\C/C=C\CCCCCCCCCCCCCC(=O)OC(COC(=O)CCCCCCCCCCCCCCCC)COP(=O)([O-])OCC[N+](C)(C)C. The number of hydrogen-bond acceptors (Lipinski definition) is 8. The van der Waals surface area contributed by atoms with E-state index in [-0.39, 0.29) is 32.0 Å². The number of quaternary nitrogens is 1. The van der Waals surface area contributed by atoms with Gasteiger partial charge in [-0.05, 0) is 57.8 Å². The van der Waals surface area contributed by atoms with E-state index in [1.165, 1.54) is 116 Å². The third-order valence-electron chi connectivity index (χ3n) is 11.3. The predicted octanol–water partition coefficient (Wildman–Crippen LogP) is 15.3. The number of likely N-dealkylation sites (N-methyl/N-ethyl adjacent to an activating group) is 1. The van der Waals surface area contributed by atoms with E-state index in [9.17, 15) is 19.0 Å². The zero-order valence-electron chi connectivity index (χ0n) is 42.7. The van der Waals surface area contributed by atoms with Crippen molar-refractivity contribution in [2.75, 3.05) is 47.5 Å². The second-order valence-electron chi connectivity index (χ2n) is 18.9. The number of hydrogen-bond donors (Lipinski definition) is 0. The quantitative estimate of drug-likeness (QED) is 0.0195. The predicted molar refractivity (Wildman–Crippen MR) is 273 cm³/mol. The van der Waals surface area contributed by atoms with Crippen molar-refractivity contribution in [1.29, 1.82) is 0 Å². The first-order valence-corrected chi connectivity index (χ1v) is 28.0. The van der Waals surface area contributed by atoms with Crippen molar-refractivity contribution in [3.05, 3.63) is 60.8 Å². The van der Waals surface area contributed by atoms with Crippen molar-refractivity contribution in [2.24, 2.45) is 0 Å². The summed E-state index contributed by atoms with van der Waals surface area (Å²) in [4.78, 5) is 37.7. The summed E-state index contributed by atoms with van der Waals surface area (Å²) in [5, 5.41) is 0. The molecular weight excluding hydrogens is 834 g/mol. The fraction of sp³-hybridized carbons (Fsp3) is 0.782. The van der Waals surface area contributed by atoms with Crippen molar-refractivity contribution in [2.45, 2.75) is 232 Å². The van der Waals surface area contributed by atoms with Crippen LogP contribution in [0, 0.1) is 0 Å². The highest BCUT2D eigenvalue weighted by molar-refractivity contribution is 7.45. The number of ether oxygens (including phenoxy) is 2. The number of unbranched alkanes of at least 4 members (excludes halogenated alkanes) is 24. The zero-order valence-corrected chi connectivity index (χ0v) is 43.6. The molecule has 0 spiro atoms. The second kappa shape index (κ2) is 46.8. The Morgan fingerprint density at radius 2 is 0.877 bits per heavy atom. The standard InChI is InChI=1S/C55H100NO8P/c1-6-8-10-12-14-16-18-20-22-23-24-25-26-27-28-29-30-31-32-33-34-36-38-40-42-44-46-48-55(58)64-53(52-63-65(59,60)62-50-49-56(3,4)5)51-61-54(57)47-45-43-41-39-37-35-21-19-17-15-13-11-9-7-2/h8,10,14,16,20,22,24-25,27-28,53H,6-7,9,11-13,15,17-19,21,23,26,29-52H2,1-5H3/b10-8-,16-14-,22-20-,25-24-,28-27-. The van der Waals surface area contributed by atoms with Gasteiger partial charge >= 0.3 is 11.9 Å². The summed E-state index contributed by atoms with van der Waals surface area (Å²) in [5.41, 5.74) is 0. The fourth-order valence-electron chi connectivity index (χ4n) is 7.21. The summed E-state index contributed by atoms with van der Waals surface area (Å²) in [6.45, 7) is 4.13. The van der Waals surface area contributed by atoms with E-state index >= 15 is 0 Å². The van der Waals surface area contributed by atoms with Crippen LogP contribution in [0.4, 0.5) is 0 Å². The van der Waals surface area contributed by atoms with Crippen LogP contribution < -0.4 is 4.89 Å². The van der Waals surface area contributed by atoms with E-state index in [1.807, 2.05) is 21.1 Å². The lowest BCUT2D eigenvalue weighted by atomic mass is 10.0. The molecule has 9 nitrogen and oxygen atoms in total. The maximum atomic E-state index is 12.8. The Hall–Kier alpha value is -2.29. The first-order chi connectivity index (χ1) is 31.5. The van der Waals surface area contributed by atoms with E-state index in [0.717, 1.165) is 77.0 Å². The Balaban J connectivity index is 4.18. The molecule has 0 saturated carbocycles. The van der Waals surface area contributed by atoms with Crippen molar-refractivity contribution in [3.63, 3.8) is 0 Å². The van der Waals surface area contributed by atoms with Crippen LogP contribution in [-0.4, -0.2) is 70.0 Å². The number of esters is 2. The molecule has 0 aromatic carbocycles. The van der Waals surface area contributed by atoms with Gasteiger partial charge in [0.25, 0.3) is 7.82 Å². The summed E-state index contributed by atoms with van der Waals surface area (Å²) >= 11 is 0. The van der Waals surface area contributed by atoms with Crippen LogP contribution in [0.2, 0.25) is 0 Å². The third-order valence-corrected chi connectivity index (χ3v) is 12.3. The number of nitrogens with zero attached hydrogens (tertiary/aromatic N) is 1. The van der Waals surface area contributed by atoms with Crippen LogP contribution in [-0.2, 0) is 32.7 Å². The lowest BCUT2D eigenvalue weighted by molar-refractivity contribution is -0.870. The topological polar surface area (TPSA) is 111 Å². The van der Waals surface area contributed by atoms with E-state index in [2.05, 4.69) is 74.6 Å². The lowest BCUT2D eigenvalue weighted by Gasteiger charge is -2.28. The molecular formula is C55H100NO8P. The van der Waals surface area contributed by atoms with E-state index in [0.29, 0.717) is 17.4 Å². The highest BCUT2D eigenvalue weighted by atomic mass is 31.2. The van der Waals surface area contributed by atoms with Gasteiger partial charge in [-0.3, -0.25) is 14.2 Å². The van der Waals surface area contributed by atoms with Crippen LogP contribution >= 0.6 is 7.82 Å². The molecule has 0 N–H and O–H groups in total. The Morgan fingerprint density at radius 1 is 0.492 bits per heavy atom. The molecule has 0 aliphatic rings. The van der Waals surface area contributed by atoms with E-state index < -0.39 is 26.5 Å². The highest BCUT2D eigenvalue weighted by Gasteiger charge is 2.21. The molecule has 0 fully saturated rings.